The van der Waals surface area contributed by atoms with Crippen molar-refractivity contribution in [2.45, 2.75) is 12.6 Å². The van der Waals surface area contributed by atoms with Gasteiger partial charge >= 0.3 is 0 Å². The Hall–Kier alpha value is -1.62. The van der Waals surface area contributed by atoms with Crippen LogP contribution in [0.2, 0.25) is 0 Å². The lowest BCUT2D eigenvalue weighted by molar-refractivity contribution is 0.128. The van der Waals surface area contributed by atoms with E-state index in [9.17, 15) is 10.2 Å². The molecule has 0 aliphatic rings. The van der Waals surface area contributed by atoms with Crippen LogP contribution < -0.4 is 5.32 Å². The number of benzene rings is 2. The first-order valence-corrected chi connectivity index (χ1v) is 6.29. The van der Waals surface area contributed by atoms with Crippen LogP contribution in [0.4, 0.5) is 0 Å². The summed E-state index contributed by atoms with van der Waals surface area (Å²) in [4.78, 5) is 0. The molecule has 4 heteroatoms. The third kappa shape index (κ3) is 3.23. The fraction of sp³-hybridized carbons (Fsp3) is 0.333. The molecule has 0 saturated carbocycles. The summed E-state index contributed by atoms with van der Waals surface area (Å²) in [5.41, 5.74) is 0.840. The fourth-order valence-electron chi connectivity index (χ4n) is 2.13. The van der Waals surface area contributed by atoms with Crippen molar-refractivity contribution in [3.63, 3.8) is 0 Å². The second-order valence-electron chi connectivity index (χ2n) is 4.50. The average Bonchev–Trinajstić information content (AvgIpc) is 2.45. The molecule has 0 fully saturated rings. The van der Waals surface area contributed by atoms with Gasteiger partial charge in [0.25, 0.3) is 0 Å². The normalized spacial score (nSPS) is 12.7. The summed E-state index contributed by atoms with van der Waals surface area (Å²) >= 11 is 0. The zero-order chi connectivity index (χ0) is 13.7. The monoisotopic (exact) mass is 261 g/mol. The minimum Gasteiger partial charge on any atom is -0.508 e. The third-order valence-corrected chi connectivity index (χ3v) is 3.17. The van der Waals surface area contributed by atoms with Gasteiger partial charge in [0.2, 0.25) is 0 Å². The predicted molar refractivity (Wildman–Crippen MR) is 75.2 cm³/mol. The van der Waals surface area contributed by atoms with Crippen molar-refractivity contribution in [2.75, 3.05) is 20.3 Å². The molecule has 1 atom stereocenters. The highest BCUT2D eigenvalue weighted by Crippen LogP contribution is 2.26. The van der Waals surface area contributed by atoms with Crippen molar-refractivity contribution in [1.82, 2.24) is 5.32 Å². The predicted octanol–water partition coefficient (Wildman–Crippen LogP) is 1.64. The molecule has 0 aliphatic heterocycles. The minimum atomic E-state index is -0.136. The summed E-state index contributed by atoms with van der Waals surface area (Å²) in [6.45, 7) is 0.920. The van der Waals surface area contributed by atoms with Gasteiger partial charge in [-0.15, -0.1) is 0 Å². The summed E-state index contributed by atoms with van der Waals surface area (Å²) < 4.78 is 5.02. The van der Waals surface area contributed by atoms with Gasteiger partial charge in [0.1, 0.15) is 5.75 Å². The van der Waals surface area contributed by atoms with Gasteiger partial charge < -0.3 is 20.3 Å². The Morgan fingerprint density at radius 3 is 2.74 bits per heavy atom. The Bertz CT molecular complexity index is 542. The highest BCUT2D eigenvalue weighted by molar-refractivity contribution is 5.87. The van der Waals surface area contributed by atoms with E-state index in [-0.39, 0.29) is 18.4 Å². The number of methoxy groups -OCH3 is 1. The van der Waals surface area contributed by atoms with Crippen molar-refractivity contribution in [3.05, 3.63) is 42.0 Å². The van der Waals surface area contributed by atoms with Gasteiger partial charge in [-0.3, -0.25) is 0 Å². The molecule has 0 aliphatic carbocycles. The molecule has 0 amide bonds. The molecule has 0 radical (unpaired) electrons. The Balaban J connectivity index is 2.22. The second kappa shape index (κ2) is 6.52. The first-order valence-electron chi connectivity index (χ1n) is 6.29. The molecule has 0 spiro atoms. The van der Waals surface area contributed by atoms with Crippen LogP contribution in [-0.2, 0) is 11.3 Å². The zero-order valence-electron chi connectivity index (χ0n) is 11.0. The quantitative estimate of drug-likeness (QED) is 0.740. The molecule has 2 aromatic carbocycles. The third-order valence-electron chi connectivity index (χ3n) is 3.17. The van der Waals surface area contributed by atoms with E-state index in [1.54, 1.807) is 13.2 Å². The van der Waals surface area contributed by atoms with E-state index >= 15 is 0 Å². The molecule has 1 unspecified atom stereocenters. The number of aliphatic hydroxyl groups excluding tert-OH is 1. The molecule has 0 aromatic heterocycles. The van der Waals surface area contributed by atoms with Crippen LogP contribution in [-0.4, -0.2) is 36.6 Å². The van der Waals surface area contributed by atoms with E-state index in [1.165, 1.54) is 0 Å². The number of fused-ring (bicyclic) bond motifs is 1. The van der Waals surface area contributed by atoms with Gasteiger partial charge in [0, 0.05) is 19.2 Å². The maximum absolute atomic E-state index is 9.99. The molecule has 3 N–H and O–H groups in total. The molecular weight excluding hydrogens is 242 g/mol. The van der Waals surface area contributed by atoms with E-state index in [1.807, 2.05) is 30.3 Å². The van der Waals surface area contributed by atoms with Crippen LogP contribution in [0.1, 0.15) is 5.56 Å². The summed E-state index contributed by atoms with van der Waals surface area (Å²) in [6.07, 6.45) is 0. The molecule has 4 nitrogen and oxygen atoms in total. The van der Waals surface area contributed by atoms with Crippen molar-refractivity contribution < 1.29 is 14.9 Å². The van der Waals surface area contributed by atoms with Crippen LogP contribution in [0.5, 0.6) is 5.75 Å². The standard InChI is InChI=1S/C15H19NO3/c1-19-10-12(9-17)16-8-14-13-5-3-2-4-11(13)6-7-15(14)18/h2-7,12,16-18H,8-10H2,1H3. The Morgan fingerprint density at radius 2 is 2.00 bits per heavy atom. The van der Waals surface area contributed by atoms with Crippen molar-refractivity contribution >= 4 is 10.8 Å². The number of rotatable bonds is 6. The summed E-state index contributed by atoms with van der Waals surface area (Å²) in [5, 5.41) is 24.5. The Morgan fingerprint density at radius 1 is 1.21 bits per heavy atom. The average molecular weight is 261 g/mol. The molecule has 2 aromatic rings. The lowest BCUT2D eigenvalue weighted by Crippen LogP contribution is -2.35. The molecule has 19 heavy (non-hydrogen) atoms. The van der Waals surface area contributed by atoms with Crippen LogP contribution in [0.15, 0.2) is 36.4 Å². The van der Waals surface area contributed by atoms with Crippen LogP contribution in [0.3, 0.4) is 0 Å². The Labute approximate surface area is 112 Å². The molecule has 2 rings (SSSR count). The van der Waals surface area contributed by atoms with E-state index in [0.29, 0.717) is 13.2 Å². The van der Waals surface area contributed by atoms with Gasteiger partial charge in [-0.25, -0.2) is 0 Å². The van der Waals surface area contributed by atoms with Crippen molar-refractivity contribution in [1.29, 1.82) is 0 Å². The van der Waals surface area contributed by atoms with E-state index in [0.717, 1.165) is 16.3 Å². The number of phenols is 1. The van der Waals surface area contributed by atoms with E-state index in [4.69, 9.17) is 4.74 Å². The van der Waals surface area contributed by atoms with Gasteiger partial charge in [-0.2, -0.15) is 0 Å². The number of nitrogens with one attached hydrogen (secondary N) is 1. The first-order chi connectivity index (χ1) is 9.26. The summed E-state index contributed by atoms with van der Waals surface area (Å²) in [5.74, 6) is 0.264. The number of ether oxygens (including phenoxy) is 1. The number of hydrogen-bond acceptors (Lipinski definition) is 4. The number of phenolic OH excluding ortho intramolecular Hbond substituents is 1. The lowest BCUT2D eigenvalue weighted by Gasteiger charge is -2.16. The Kier molecular flexibility index (Phi) is 4.74. The van der Waals surface area contributed by atoms with Crippen LogP contribution in [0, 0.1) is 0 Å². The van der Waals surface area contributed by atoms with Crippen LogP contribution in [0.25, 0.3) is 10.8 Å². The topological polar surface area (TPSA) is 61.7 Å². The molecule has 0 heterocycles. The lowest BCUT2D eigenvalue weighted by atomic mass is 10.0. The number of hydrogen-bond donors (Lipinski definition) is 3. The maximum atomic E-state index is 9.99. The van der Waals surface area contributed by atoms with E-state index < -0.39 is 0 Å². The molecule has 0 bridgehead atoms. The highest BCUT2D eigenvalue weighted by Gasteiger charge is 2.10. The van der Waals surface area contributed by atoms with Crippen LogP contribution >= 0.6 is 0 Å². The maximum Gasteiger partial charge on any atom is 0.120 e. The van der Waals surface area contributed by atoms with Gasteiger partial charge in [0.15, 0.2) is 0 Å². The fourth-order valence-corrected chi connectivity index (χ4v) is 2.13. The van der Waals surface area contributed by atoms with E-state index in [2.05, 4.69) is 5.32 Å². The first kappa shape index (κ1) is 13.8. The van der Waals surface area contributed by atoms with Gasteiger partial charge in [0.05, 0.1) is 19.3 Å². The number of aromatic hydroxyl groups is 1. The molecule has 0 saturated heterocycles. The SMILES string of the molecule is COCC(CO)NCc1c(O)ccc2ccccc12. The van der Waals surface area contributed by atoms with Crippen molar-refractivity contribution in [2.24, 2.45) is 0 Å². The van der Waals surface area contributed by atoms with Gasteiger partial charge in [-0.05, 0) is 16.8 Å². The second-order valence-corrected chi connectivity index (χ2v) is 4.50. The highest BCUT2D eigenvalue weighted by atomic mass is 16.5. The minimum absolute atomic E-state index is 0.000627. The summed E-state index contributed by atoms with van der Waals surface area (Å²) in [6, 6.07) is 11.4. The molecule has 102 valence electrons. The number of aliphatic hydroxyl groups is 1. The van der Waals surface area contributed by atoms with Gasteiger partial charge in [-0.1, -0.05) is 30.3 Å². The summed E-state index contributed by atoms with van der Waals surface area (Å²) in [7, 11) is 1.60. The zero-order valence-corrected chi connectivity index (χ0v) is 11.0. The smallest absolute Gasteiger partial charge is 0.120 e. The largest absolute Gasteiger partial charge is 0.508 e. The van der Waals surface area contributed by atoms with Crippen molar-refractivity contribution in [3.8, 4) is 5.75 Å². The molecular formula is C15H19NO3.